The molecule has 1 amide bonds. The quantitative estimate of drug-likeness (QED) is 0.818. The lowest BCUT2D eigenvalue weighted by atomic mass is 9.88. The van der Waals surface area contributed by atoms with Gasteiger partial charge < -0.3 is 5.32 Å². The number of nitrogens with one attached hydrogen (secondary N) is 1. The third-order valence-corrected chi connectivity index (χ3v) is 3.27. The summed E-state index contributed by atoms with van der Waals surface area (Å²) in [6.45, 7) is 7.67. The van der Waals surface area contributed by atoms with E-state index >= 15 is 0 Å². The molecule has 1 rings (SSSR count). The first kappa shape index (κ1) is 14.9. The molecule has 0 aliphatic carbocycles. The van der Waals surface area contributed by atoms with Crippen LogP contribution in [0.3, 0.4) is 0 Å². The fourth-order valence-electron chi connectivity index (χ4n) is 1.19. The molecule has 0 spiro atoms. The molecule has 1 unspecified atom stereocenters. The van der Waals surface area contributed by atoms with E-state index in [2.05, 4.69) is 5.32 Å². The van der Waals surface area contributed by atoms with Crippen LogP contribution in [-0.4, -0.2) is 11.9 Å². The molecule has 0 aliphatic rings. The van der Waals surface area contributed by atoms with Crippen LogP contribution < -0.4 is 5.32 Å². The molecule has 0 aliphatic heterocycles. The second-order valence-corrected chi connectivity index (χ2v) is 5.66. The van der Waals surface area contributed by atoms with Gasteiger partial charge in [-0.2, -0.15) is 0 Å². The fraction of sp³-hybridized carbons (Fsp3) is 0.462. The first-order chi connectivity index (χ1) is 8.14. The van der Waals surface area contributed by atoms with Crippen LogP contribution in [0.2, 0.25) is 5.02 Å². The van der Waals surface area contributed by atoms with E-state index in [1.165, 1.54) is 0 Å². The van der Waals surface area contributed by atoms with Crippen LogP contribution in [-0.2, 0) is 0 Å². The smallest absolute Gasteiger partial charge is 0.254 e. The van der Waals surface area contributed by atoms with Gasteiger partial charge in [0.2, 0.25) is 0 Å². The largest absolute Gasteiger partial charge is 0.349 e. The number of amides is 1. The number of hydrogen-bond acceptors (Lipinski definition) is 1. The summed E-state index contributed by atoms with van der Waals surface area (Å²) in [6.07, 6.45) is 0. The molecule has 0 saturated heterocycles. The van der Waals surface area contributed by atoms with E-state index in [0.29, 0.717) is 0 Å². The van der Waals surface area contributed by atoms with Gasteiger partial charge >= 0.3 is 0 Å². The van der Waals surface area contributed by atoms with Crippen molar-refractivity contribution in [2.45, 2.75) is 33.7 Å². The minimum Gasteiger partial charge on any atom is -0.349 e. The first-order valence-electron chi connectivity index (χ1n) is 5.59. The highest BCUT2D eigenvalue weighted by Crippen LogP contribution is 2.23. The Morgan fingerprint density at radius 2 is 1.89 bits per heavy atom. The molecule has 1 aromatic carbocycles. The van der Waals surface area contributed by atoms with Crippen molar-refractivity contribution in [2.75, 3.05) is 0 Å². The van der Waals surface area contributed by atoms with E-state index in [0.717, 1.165) is 12.1 Å². The Kier molecular flexibility index (Phi) is 4.32. The summed E-state index contributed by atoms with van der Waals surface area (Å²) < 4.78 is 26.6. The Labute approximate surface area is 110 Å². The summed E-state index contributed by atoms with van der Waals surface area (Å²) in [5, 5.41) is 2.00. The molecule has 1 N–H and O–H groups in total. The van der Waals surface area contributed by atoms with Crippen molar-refractivity contribution in [1.29, 1.82) is 0 Å². The van der Waals surface area contributed by atoms with E-state index in [4.69, 9.17) is 11.6 Å². The summed E-state index contributed by atoms with van der Waals surface area (Å²) in [7, 11) is 0. The summed E-state index contributed by atoms with van der Waals surface area (Å²) >= 11 is 5.42. The van der Waals surface area contributed by atoms with Crippen LogP contribution in [0, 0.1) is 17.0 Å². The monoisotopic (exact) mass is 275 g/mol. The standard InChI is InChI=1S/C13H16ClF2NO/c1-7(13(2,3)4)17-12(18)8-5-6-9(15)10(14)11(8)16/h5-7H,1-4H3,(H,17,18). The SMILES string of the molecule is CC(NC(=O)c1ccc(F)c(Cl)c1F)C(C)(C)C. The van der Waals surface area contributed by atoms with Gasteiger partial charge in [0.25, 0.3) is 5.91 Å². The zero-order chi connectivity index (χ0) is 14.1. The van der Waals surface area contributed by atoms with Gasteiger partial charge in [-0.25, -0.2) is 8.78 Å². The lowest BCUT2D eigenvalue weighted by Gasteiger charge is -2.28. The first-order valence-corrected chi connectivity index (χ1v) is 5.96. The second kappa shape index (κ2) is 5.22. The number of hydrogen-bond donors (Lipinski definition) is 1. The molecule has 2 nitrogen and oxygen atoms in total. The zero-order valence-corrected chi connectivity index (χ0v) is 11.5. The number of halogens is 3. The van der Waals surface area contributed by atoms with Gasteiger partial charge in [0, 0.05) is 6.04 Å². The maximum absolute atomic E-state index is 13.6. The highest BCUT2D eigenvalue weighted by molar-refractivity contribution is 6.31. The molecular formula is C13H16ClF2NO. The highest BCUT2D eigenvalue weighted by atomic mass is 35.5. The van der Waals surface area contributed by atoms with Gasteiger partial charge in [0.15, 0.2) is 5.82 Å². The van der Waals surface area contributed by atoms with Gasteiger partial charge in [-0.3, -0.25) is 4.79 Å². The molecule has 0 aromatic heterocycles. The third-order valence-electron chi connectivity index (χ3n) is 2.93. The molecule has 5 heteroatoms. The van der Waals surface area contributed by atoms with Crippen molar-refractivity contribution in [2.24, 2.45) is 5.41 Å². The second-order valence-electron chi connectivity index (χ2n) is 5.28. The molecule has 0 bridgehead atoms. The maximum atomic E-state index is 13.6. The van der Waals surface area contributed by atoms with E-state index < -0.39 is 22.6 Å². The number of rotatable bonds is 2. The van der Waals surface area contributed by atoms with E-state index in [1.807, 2.05) is 27.7 Å². The molecular weight excluding hydrogens is 260 g/mol. The average Bonchev–Trinajstić information content (AvgIpc) is 2.24. The van der Waals surface area contributed by atoms with Crippen molar-refractivity contribution in [3.63, 3.8) is 0 Å². The Hall–Kier alpha value is -1.16. The minimum absolute atomic E-state index is 0.157. The summed E-state index contributed by atoms with van der Waals surface area (Å²) in [5.41, 5.74) is -0.409. The molecule has 18 heavy (non-hydrogen) atoms. The Balaban J connectivity index is 2.96. The Morgan fingerprint density at radius 1 is 1.33 bits per heavy atom. The highest BCUT2D eigenvalue weighted by Gasteiger charge is 2.24. The van der Waals surface area contributed by atoms with Crippen LogP contribution in [0.4, 0.5) is 8.78 Å². The van der Waals surface area contributed by atoms with E-state index in [1.54, 1.807) is 0 Å². The van der Waals surface area contributed by atoms with Crippen molar-refractivity contribution in [3.05, 3.63) is 34.4 Å². The van der Waals surface area contributed by atoms with Gasteiger partial charge in [-0.1, -0.05) is 32.4 Å². The van der Waals surface area contributed by atoms with Crippen LogP contribution in [0.25, 0.3) is 0 Å². The van der Waals surface area contributed by atoms with Crippen LogP contribution in [0.15, 0.2) is 12.1 Å². The van der Waals surface area contributed by atoms with Crippen LogP contribution >= 0.6 is 11.6 Å². The fourth-order valence-corrected chi connectivity index (χ4v) is 1.36. The average molecular weight is 276 g/mol. The molecule has 1 aromatic rings. The lowest BCUT2D eigenvalue weighted by Crippen LogP contribution is -2.41. The Morgan fingerprint density at radius 3 is 2.39 bits per heavy atom. The van der Waals surface area contributed by atoms with Crippen LogP contribution in [0.1, 0.15) is 38.1 Å². The zero-order valence-electron chi connectivity index (χ0n) is 10.8. The molecule has 100 valence electrons. The van der Waals surface area contributed by atoms with Crippen molar-refractivity contribution in [3.8, 4) is 0 Å². The maximum Gasteiger partial charge on any atom is 0.254 e. The number of carbonyl (C=O) groups excluding carboxylic acids is 1. The van der Waals surface area contributed by atoms with Crippen molar-refractivity contribution < 1.29 is 13.6 Å². The van der Waals surface area contributed by atoms with Gasteiger partial charge in [-0.15, -0.1) is 0 Å². The molecule has 0 radical (unpaired) electrons. The lowest BCUT2D eigenvalue weighted by molar-refractivity contribution is 0.0906. The molecule has 0 saturated carbocycles. The van der Waals surface area contributed by atoms with Gasteiger partial charge in [0.1, 0.15) is 10.8 Å². The van der Waals surface area contributed by atoms with Gasteiger partial charge in [-0.05, 0) is 24.5 Å². The summed E-state index contributed by atoms with van der Waals surface area (Å²) in [4.78, 5) is 11.9. The molecule has 1 atom stereocenters. The summed E-state index contributed by atoms with van der Waals surface area (Å²) in [6, 6.07) is 1.90. The topological polar surface area (TPSA) is 29.1 Å². The van der Waals surface area contributed by atoms with Crippen molar-refractivity contribution in [1.82, 2.24) is 5.32 Å². The van der Waals surface area contributed by atoms with E-state index in [-0.39, 0.29) is 17.0 Å². The van der Waals surface area contributed by atoms with Gasteiger partial charge in [0.05, 0.1) is 5.56 Å². The predicted octanol–water partition coefficient (Wildman–Crippen LogP) is 3.78. The number of carbonyl (C=O) groups is 1. The summed E-state index contributed by atoms with van der Waals surface area (Å²) in [5.74, 6) is -2.51. The van der Waals surface area contributed by atoms with Crippen LogP contribution in [0.5, 0.6) is 0 Å². The molecule has 0 fully saturated rings. The van der Waals surface area contributed by atoms with Crippen molar-refractivity contribution >= 4 is 17.5 Å². The Bertz CT molecular complexity index is 469. The predicted molar refractivity (Wildman–Crippen MR) is 67.8 cm³/mol. The van der Waals surface area contributed by atoms with E-state index in [9.17, 15) is 13.6 Å². The third kappa shape index (κ3) is 3.19. The normalized spacial score (nSPS) is 13.3. The minimum atomic E-state index is -1.03. The molecule has 0 heterocycles. The number of benzene rings is 1.